The van der Waals surface area contributed by atoms with Crippen LogP contribution in [0.4, 0.5) is 0 Å². The van der Waals surface area contributed by atoms with Crippen LogP contribution < -0.4 is 14.8 Å². The van der Waals surface area contributed by atoms with E-state index in [2.05, 4.69) is 40.2 Å². The Morgan fingerprint density at radius 2 is 1.40 bits per heavy atom. The van der Waals surface area contributed by atoms with Gasteiger partial charge in [-0.25, -0.2) is 9.97 Å². The normalized spacial score (nSPS) is 11.2. The Hall–Kier alpha value is -4.81. The molecule has 0 saturated heterocycles. The van der Waals surface area contributed by atoms with Gasteiger partial charge in [-0.2, -0.15) is 0 Å². The molecular weight excluding hydrogens is 528 g/mol. The number of H-pyrrole nitrogens is 2. The summed E-state index contributed by atoms with van der Waals surface area (Å²) in [5.74, 6) is 5.61. The van der Waals surface area contributed by atoms with Crippen molar-refractivity contribution in [3.8, 4) is 46.6 Å². The molecule has 0 saturated carbocycles. The van der Waals surface area contributed by atoms with Crippen molar-refractivity contribution in [2.75, 3.05) is 40.4 Å². The lowest BCUT2D eigenvalue weighted by molar-refractivity contribution is -0.121. The first-order chi connectivity index (χ1) is 20.5. The number of ether oxygens (including phenoxy) is 2. The molecule has 5 rings (SSSR count). The fourth-order valence-electron chi connectivity index (χ4n) is 4.57. The molecule has 0 atom stereocenters. The van der Waals surface area contributed by atoms with Crippen LogP contribution in [0.3, 0.4) is 0 Å². The maximum Gasteiger partial charge on any atom is 0.220 e. The van der Waals surface area contributed by atoms with E-state index in [9.17, 15) is 4.79 Å². The number of carbonyl (C=O) groups excluding carboxylic acids is 1. The van der Waals surface area contributed by atoms with E-state index in [0.717, 1.165) is 69.3 Å². The van der Waals surface area contributed by atoms with Gasteiger partial charge in [-0.15, -0.1) is 12.3 Å². The molecule has 2 heterocycles. The molecule has 0 aliphatic heterocycles. The Labute approximate surface area is 245 Å². The molecule has 3 aromatic carbocycles. The molecule has 0 fully saturated rings. The molecule has 0 radical (unpaired) electrons. The number of fused-ring (bicyclic) bond motifs is 2. The van der Waals surface area contributed by atoms with Gasteiger partial charge in [0, 0.05) is 49.2 Å². The molecule has 3 N–H and O–H groups in total. The molecule has 9 heteroatoms. The molecule has 1 amide bonds. The number of nitrogens with zero attached hydrogens (tertiary/aromatic N) is 3. The summed E-state index contributed by atoms with van der Waals surface area (Å²) < 4.78 is 11.8. The summed E-state index contributed by atoms with van der Waals surface area (Å²) in [7, 11) is 4.12. The Morgan fingerprint density at radius 3 is 1.93 bits per heavy atom. The van der Waals surface area contributed by atoms with Crippen LogP contribution in [0.25, 0.3) is 44.8 Å². The molecule has 216 valence electrons. The van der Waals surface area contributed by atoms with Crippen LogP contribution in [0.1, 0.15) is 25.7 Å². The summed E-state index contributed by atoms with van der Waals surface area (Å²) in [6, 6.07) is 19.9. The van der Waals surface area contributed by atoms with Crippen molar-refractivity contribution in [2.45, 2.75) is 25.7 Å². The van der Waals surface area contributed by atoms with Crippen LogP contribution >= 0.6 is 0 Å². The van der Waals surface area contributed by atoms with Crippen molar-refractivity contribution in [1.29, 1.82) is 0 Å². The first kappa shape index (κ1) is 28.7. The van der Waals surface area contributed by atoms with Crippen LogP contribution in [-0.4, -0.2) is 71.1 Å². The fraction of sp³-hybridized carbons (Fsp3) is 0.303. The number of imidazole rings is 2. The van der Waals surface area contributed by atoms with Crippen LogP contribution in [0.2, 0.25) is 0 Å². The highest BCUT2D eigenvalue weighted by atomic mass is 16.5. The minimum atomic E-state index is -0.0158. The number of rotatable bonds is 14. The molecule has 0 unspecified atom stereocenters. The topological polar surface area (TPSA) is 108 Å². The number of nitrogens with one attached hydrogen (secondary N) is 3. The number of benzene rings is 3. The highest BCUT2D eigenvalue weighted by Gasteiger charge is 2.10. The van der Waals surface area contributed by atoms with Gasteiger partial charge < -0.3 is 29.7 Å². The van der Waals surface area contributed by atoms with E-state index in [0.29, 0.717) is 39.0 Å². The molecule has 9 nitrogen and oxygen atoms in total. The summed E-state index contributed by atoms with van der Waals surface area (Å²) in [6.45, 7) is 2.62. The second kappa shape index (κ2) is 13.7. The highest BCUT2D eigenvalue weighted by molar-refractivity contribution is 5.83. The van der Waals surface area contributed by atoms with Gasteiger partial charge in [0.1, 0.15) is 23.1 Å². The summed E-state index contributed by atoms with van der Waals surface area (Å²) in [5.41, 5.74) is 5.53. The summed E-state index contributed by atoms with van der Waals surface area (Å²) in [4.78, 5) is 30.3. The third-order valence-electron chi connectivity index (χ3n) is 6.77. The third-order valence-corrected chi connectivity index (χ3v) is 6.77. The number of aromatic nitrogens is 4. The van der Waals surface area contributed by atoms with Crippen molar-refractivity contribution in [3.63, 3.8) is 0 Å². The molecular formula is C33H36N6O3. The van der Waals surface area contributed by atoms with Gasteiger partial charge in [0.05, 0.1) is 35.3 Å². The third kappa shape index (κ3) is 7.47. The lowest BCUT2D eigenvalue weighted by Crippen LogP contribution is -2.24. The van der Waals surface area contributed by atoms with Crippen molar-refractivity contribution >= 4 is 28.0 Å². The van der Waals surface area contributed by atoms with Gasteiger partial charge in [-0.3, -0.25) is 4.79 Å². The summed E-state index contributed by atoms with van der Waals surface area (Å²) >= 11 is 0. The molecule has 5 aromatic rings. The average Bonchev–Trinajstić information content (AvgIpc) is 3.62. The van der Waals surface area contributed by atoms with E-state index in [1.54, 1.807) is 0 Å². The molecule has 0 aliphatic carbocycles. The van der Waals surface area contributed by atoms with Crippen LogP contribution in [0.5, 0.6) is 11.5 Å². The second-order valence-electron chi connectivity index (χ2n) is 10.4. The Balaban J connectivity index is 1.19. The van der Waals surface area contributed by atoms with Gasteiger partial charge in [-0.05, 0) is 51.2 Å². The number of amides is 1. The minimum absolute atomic E-state index is 0.0158. The van der Waals surface area contributed by atoms with Crippen molar-refractivity contribution in [2.24, 2.45) is 0 Å². The Bertz CT molecular complexity index is 1680. The maximum absolute atomic E-state index is 11.8. The predicted molar refractivity (Wildman–Crippen MR) is 166 cm³/mol. The highest BCUT2D eigenvalue weighted by Crippen LogP contribution is 2.28. The standard InChI is InChI=1S/C33H36N6O3/c1-4-5-17-34-31(40)8-6-19-41-25-13-15-27-29(21-25)37-32(35-27)23-9-11-24(12-10-23)33-36-28-16-14-26(22-30(28)38-33)42-20-7-18-39(2)3/h1,9-16,21-22H,5-8,17-20H2,2-3H3,(H,34,40)(H,35,37)(H,36,38). The largest absolute Gasteiger partial charge is 0.494 e. The molecule has 0 spiro atoms. The number of carbonyl (C=O) groups is 1. The molecule has 42 heavy (non-hydrogen) atoms. The number of terminal acetylenes is 1. The van der Waals surface area contributed by atoms with Crippen LogP contribution in [-0.2, 0) is 4.79 Å². The van der Waals surface area contributed by atoms with Gasteiger partial charge in [0.15, 0.2) is 0 Å². The van der Waals surface area contributed by atoms with Crippen molar-refractivity contribution in [1.82, 2.24) is 30.2 Å². The van der Waals surface area contributed by atoms with Gasteiger partial charge >= 0.3 is 0 Å². The van der Waals surface area contributed by atoms with E-state index in [1.807, 2.05) is 60.7 Å². The van der Waals surface area contributed by atoms with Gasteiger partial charge in [0.2, 0.25) is 5.91 Å². The van der Waals surface area contributed by atoms with Gasteiger partial charge in [0.25, 0.3) is 0 Å². The zero-order chi connectivity index (χ0) is 29.3. The number of hydrogen-bond acceptors (Lipinski definition) is 6. The monoisotopic (exact) mass is 564 g/mol. The van der Waals surface area contributed by atoms with Crippen molar-refractivity contribution < 1.29 is 14.3 Å². The minimum Gasteiger partial charge on any atom is -0.494 e. The van der Waals surface area contributed by atoms with Crippen molar-refractivity contribution in [3.05, 3.63) is 60.7 Å². The van der Waals surface area contributed by atoms with Crippen LogP contribution in [0.15, 0.2) is 60.7 Å². The molecule has 0 bridgehead atoms. The SMILES string of the molecule is C#CCCNC(=O)CCCOc1ccc2[nH]c(-c3ccc(-c4nc5cc(OCCCN(C)C)ccc5[nH]4)cc3)nc2c1. The number of aromatic amines is 2. The Morgan fingerprint density at radius 1 is 0.857 bits per heavy atom. The lowest BCUT2D eigenvalue weighted by Gasteiger charge is -2.10. The summed E-state index contributed by atoms with van der Waals surface area (Å²) in [5, 5.41) is 2.79. The molecule has 0 aliphatic rings. The zero-order valence-corrected chi connectivity index (χ0v) is 24.1. The predicted octanol–water partition coefficient (Wildman–Crippen LogP) is 5.40. The Kier molecular flexibility index (Phi) is 9.37. The first-order valence-corrected chi connectivity index (χ1v) is 14.2. The smallest absolute Gasteiger partial charge is 0.220 e. The quantitative estimate of drug-likeness (QED) is 0.123. The molecule has 2 aromatic heterocycles. The van der Waals surface area contributed by atoms with E-state index in [4.69, 9.17) is 25.9 Å². The fourth-order valence-corrected chi connectivity index (χ4v) is 4.57. The van der Waals surface area contributed by atoms with Gasteiger partial charge in [-0.1, -0.05) is 24.3 Å². The lowest BCUT2D eigenvalue weighted by atomic mass is 10.1. The van der Waals surface area contributed by atoms with E-state index in [-0.39, 0.29) is 5.91 Å². The average molecular weight is 565 g/mol. The van der Waals surface area contributed by atoms with E-state index in [1.165, 1.54) is 0 Å². The number of hydrogen-bond donors (Lipinski definition) is 3. The summed E-state index contributed by atoms with van der Waals surface area (Å²) in [6.07, 6.45) is 7.73. The van der Waals surface area contributed by atoms with Crippen LogP contribution in [0, 0.1) is 12.3 Å². The van der Waals surface area contributed by atoms with E-state index >= 15 is 0 Å². The maximum atomic E-state index is 11.8. The zero-order valence-electron chi connectivity index (χ0n) is 24.1. The van der Waals surface area contributed by atoms with E-state index < -0.39 is 0 Å². The second-order valence-corrected chi connectivity index (χ2v) is 10.4. The first-order valence-electron chi connectivity index (χ1n) is 14.2.